The molecule has 0 spiro atoms. The summed E-state index contributed by atoms with van der Waals surface area (Å²) in [4.78, 5) is 23.9. The highest BCUT2D eigenvalue weighted by molar-refractivity contribution is 5.81. The highest BCUT2D eigenvalue weighted by atomic mass is 19.4. The van der Waals surface area contributed by atoms with Crippen LogP contribution in [0, 0.1) is 0 Å². The second-order valence-corrected chi connectivity index (χ2v) is 5.44. The van der Waals surface area contributed by atoms with Crippen molar-refractivity contribution in [1.82, 2.24) is 14.7 Å². The molecule has 118 valence electrons. The molecule has 0 saturated carbocycles. The number of carbonyl (C=O) groups is 2. The molecule has 1 aromatic heterocycles. The van der Waals surface area contributed by atoms with Crippen LogP contribution in [0.25, 0.3) is 0 Å². The zero-order valence-corrected chi connectivity index (χ0v) is 11.8. The molecule has 6 nitrogen and oxygen atoms in total. The van der Waals surface area contributed by atoms with Gasteiger partial charge in [-0.2, -0.15) is 18.3 Å². The van der Waals surface area contributed by atoms with Gasteiger partial charge in [0.15, 0.2) is 5.69 Å². The van der Waals surface area contributed by atoms with E-state index in [0.29, 0.717) is 0 Å². The Labute approximate surface area is 119 Å². The van der Waals surface area contributed by atoms with Gasteiger partial charge in [-0.3, -0.25) is 14.3 Å². The van der Waals surface area contributed by atoms with Crippen LogP contribution in [-0.2, 0) is 22.3 Å². The first kappa shape index (κ1) is 17.0. The lowest BCUT2D eigenvalue weighted by Crippen LogP contribution is -2.49. The first-order chi connectivity index (χ1) is 9.41. The predicted octanol–water partition coefficient (Wildman–Crippen LogP) is 1.61. The number of carboxylic acid groups (broad SMARTS) is 1. The summed E-state index contributed by atoms with van der Waals surface area (Å²) in [5, 5.41) is 12.1. The van der Waals surface area contributed by atoms with Crippen LogP contribution < -0.4 is 0 Å². The quantitative estimate of drug-likeness (QED) is 0.917. The van der Waals surface area contributed by atoms with Crippen LogP contribution >= 0.6 is 0 Å². The number of halogens is 3. The van der Waals surface area contributed by atoms with Crippen LogP contribution in [0.5, 0.6) is 0 Å². The van der Waals surface area contributed by atoms with Crippen LogP contribution in [0.4, 0.5) is 13.2 Å². The lowest BCUT2D eigenvalue weighted by atomic mass is 10.1. The Balaban J connectivity index is 2.87. The number of carboxylic acids is 1. The molecule has 0 bridgehead atoms. The molecule has 1 N–H and O–H groups in total. The molecule has 1 heterocycles. The van der Waals surface area contributed by atoms with Gasteiger partial charge in [-0.1, -0.05) is 0 Å². The van der Waals surface area contributed by atoms with Crippen LogP contribution in [0.15, 0.2) is 12.3 Å². The number of carbonyl (C=O) groups excluding carboxylic acids is 1. The molecule has 1 rings (SSSR count). The molecule has 0 unspecified atom stereocenters. The van der Waals surface area contributed by atoms with Crippen molar-refractivity contribution in [3.63, 3.8) is 0 Å². The van der Waals surface area contributed by atoms with E-state index < -0.39 is 42.4 Å². The Hall–Kier alpha value is -2.06. The number of alkyl halides is 3. The van der Waals surface area contributed by atoms with Crippen LogP contribution in [0.2, 0.25) is 0 Å². The third-order valence-corrected chi connectivity index (χ3v) is 2.63. The molecule has 1 aromatic rings. The molecular weight excluding hydrogens is 291 g/mol. The van der Waals surface area contributed by atoms with Crippen molar-refractivity contribution in [2.24, 2.45) is 0 Å². The fraction of sp³-hybridized carbons (Fsp3) is 0.583. The van der Waals surface area contributed by atoms with Crippen molar-refractivity contribution >= 4 is 11.9 Å². The minimum atomic E-state index is -4.58. The zero-order chi connectivity index (χ0) is 16.4. The molecule has 0 fully saturated rings. The molecule has 0 aliphatic heterocycles. The molecule has 0 atom stereocenters. The molecule has 0 aromatic carbocycles. The van der Waals surface area contributed by atoms with Crippen molar-refractivity contribution in [3.8, 4) is 0 Å². The molecule has 0 radical (unpaired) electrons. The van der Waals surface area contributed by atoms with Gasteiger partial charge in [0, 0.05) is 11.7 Å². The van der Waals surface area contributed by atoms with Crippen LogP contribution in [-0.4, -0.2) is 43.7 Å². The summed E-state index contributed by atoms with van der Waals surface area (Å²) < 4.78 is 38.1. The van der Waals surface area contributed by atoms with Crippen LogP contribution in [0.3, 0.4) is 0 Å². The topological polar surface area (TPSA) is 75.4 Å². The van der Waals surface area contributed by atoms with E-state index in [1.807, 2.05) is 0 Å². The van der Waals surface area contributed by atoms with Gasteiger partial charge in [0.05, 0.1) is 0 Å². The maximum atomic E-state index is 12.4. The molecule has 0 aliphatic rings. The van der Waals surface area contributed by atoms with Crippen molar-refractivity contribution in [1.29, 1.82) is 0 Å². The minimum absolute atomic E-state index is 0.458. The molecule has 0 saturated heterocycles. The maximum absolute atomic E-state index is 12.4. The largest absolute Gasteiger partial charge is 0.480 e. The van der Waals surface area contributed by atoms with E-state index in [9.17, 15) is 22.8 Å². The average Bonchev–Trinajstić information content (AvgIpc) is 2.72. The van der Waals surface area contributed by atoms with E-state index in [1.165, 1.54) is 0 Å². The standard InChI is InChI=1S/C12H16F3N3O3/c1-11(2,3)18(7-10(20)21)9(19)6-17-5-4-8(16-17)12(13,14)15/h4-5H,6-7H2,1-3H3,(H,20,21). The van der Waals surface area contributed by atoms with E-state index in [4.69, 9.17) is 5.11 Å². The van der Waals surface area contributed by atoms with E-state index in [0.717, 1.165) is 21.8 Å². The Morgan fingerprint density at radius 1 is 1.33 bits per heavy atom. The highest BCUT2D eigenvalue weighted by Crippen LogP contribution is 2.27. The van der Waals surface area contributed by atoms with Crippen molar-refractivity contribution in [2.75, 3.05) is 6.54 Å². The summed E-state index contributed by atoms with van der Waals surface area (Å²) >= 11 is 0. The maximum Gasteiger partial charge on any atom is 0.435 e. The molecule has 21 heavy (non-hydrogen) atoms. The monoisotopic (exact) mass is 307 g/mol. The average molecular weight is 307 g/mol. The summed E-state index contributed by atoms with van der Waals surface area (Å²) in [7, 11) is 0. The van der Waals surface area contributed by atoms with Gasteiger partial charge < -0.3 is 10.0 Å². The lowest BCUT2D eigenvalue weighted by molar-refractivity contribution is -0.148. The second kappa shape index (κ2) is 5.74. The predicted molar refractivity (Wildman–Crippen MR) is 66.3 cm³/mol. The lowest BCUT2D eigenvalue weighted by Gasteiger charge is -2.34. The Kier molecular flexibility index (Phi) is 4.65. The molecular formula is C12H16F3N3O3. The van der Waals surface area contributed by atoms with Gasteiger partial charge in [0.1, 0.15) is 13.1 Å². The molecule has 0 aliphatic carbocycles. The number of nitrogens with zero attached hydrogens (tertiary/aromatic N) is 3. The third-order valence-electron chi connectivity index (χ3n) is 2.63. The van der Waals surface area contributed by atoms with Gasteiger partial charge in [0.25, 0.3) is 0 Å². The number of hydrogen-bond donors (Lipinski definition) is 1. The summed E-state index contributed by atoms with van der Waals surface area (Å²) in [5.74, 6) is -1.82. The van der Waals surface area contributed by atoms with E-state index in [-0.39, 0.29) is 0 Å². The van der Waals surface area contributed by atoms with Crippen molar-refractivity contribution < 1.29 is 27.9 Å². The Morgan fingerprint density at radius 3 is 2.29 bits per heavy atom. The fourth-order valence-corrected chi connectivity index (χ4v) is 1.66. The summed E-state index contributed by atoms with van der Waals surface area (Å²) in [6.45, 7) is 3.92. The Morgan fingerprint density at radius 2 is 1.90 bits per heavy atom. The smallest absolute Gasteiger partial charge is 0.435 e. The highest BCUT2D eigenvalue weighted by Gasteiger charge is 2.34. The zero-order valence-electron chi connectivity index (χ0n) is 11.8. The first-order valence-electron chi connectivity index (χ1n) is 6.04. The second-order valence-electron chi connectivity index (χ2n) is 5.44. The first-order valence-corrected chi connectivity index (χ1v) is 6.04. The van der Waals surface area contributed by atoms with Gasteiger partial charge in [-0.15, -0.1) is 0 Å². The number of rotatable bonds is 4. The minimum Gasteiger partial charge on any atom is -0.480 e. The van der Waals surface area contributed by atoms with Crippen LogP contribution in [0.1, 0.15) is 26.5 Å². The Bertz CT molecular complexity index is 532. The van der Waals surface area contributed by atoms with Crippen molar-refractivity contribution in [2.45, 2.75) is 39.0 Å². The fourth-order valence-electron chi connectivity index (χ4n) is 1.66. The number of amides is 1. The SMILES string of the molecule is CC(C)(C)N(CC(=O)O)C(=O)Cn1ccc(C(F)(F)F)n1. The normalized spacial score (nSPS) is 12.3. The van der Waals surface area contributed by atoms with E-state index >= 15 is 0 Å². The number of hydrogen-bond acceptors (Lipinski definition) is 3. The van der Waals surface area contributed by atoms with Gasteiger partial charge >= 0.3 is 12.1 Å². The van der Waals surface area contributed by atoms with Gasteiger partial charge in [0.2, 0.25) is 5.91 Å². The van der Waals surface area contributed by atoms with E-state index in [2.05, 4.69) is 5.10 Å². The number of aromatic nitrogens is 2. The van der Waals surface area contributed by atoms with Crippen molar-refractivity contribution in [3.05, 3.63) is 18.0 Å². The molecule has 1 amide bonds. The number of aliphatic carboxylic acids is 1. The summed E-state index contributed by atoms with van der Waals surface area (Å²) in [6, 6.07) is 0.756. The van der Waals surface area contributed by atoms with E-state index in [1.54, 1.807) is 20.8 Å². The third kappa shape index (κ3) is 4.76. The molecule has 9 heteroatoms. The summed E-state index contributed by atoms with van der Waals surface area (Å²) in [5.41, 5.74) is -1.87. The van der Waals surface area contributed by atoms with Gasteiger partial charge in [-0.05, 0) is 26.8 Å². The summed E-state index contributed by atoms with van der Waals surface area (Å²) in [6.07, 6.45) is -3.55. The van der Waals surface area contributed by atoms with Gasteiger partial charge in [-0.25, -0.2) is 0 Å².